The molecule has 2 fully saturated rings. The first-order chi connectivity index (χ1) is 16.3. The summed E-state index contributed by atoms with van der Waals surface area (Å²) in [6, 6.07) is 13.4. The normalized spacial score (nSPS) is 19.8. The molecule has 0 aromatic heterocycles. The van der Waals surface area contributed by atoms with Crippen molar-refractivity contribution in [3.05, 3.63) is 48.5 Å². The number of methoxy groups -OCH3 is 2. The molecule has 4 rings (SSSR count). The fraction of sp³-hybridized carbons (Fsp3) is 0.417. The smallest absolute Gasteiger partial charge is 0.243 e. The van der Waals surface area contributed by atoms with Crippen LogP contribution in [0.4, 0.5) is 5.69 Å². The molecule has 2 amide bonds. The summed E-state index contributed by atoms with van der Waals surface area (Å²) in [5.41, 5.74) is 0.655. The third-order valence-corrected chi connectivity index (χ3v) is 8.28. The van der Waals surface area contributed by atoms with Gasteiger partial charge in [-0.2, -0.15) is 4.31 Å². The highest BCUT2D eigenvalue weighted by Gasteiger charge is 2.37. The fourth-order valence-electron chi connectivity index (χ4n) is 4.43. The van der Waals surface area contributed by atoms with Crippen molar-refractivity contribution in [3.8, 4) is 11.5 Å². The molecule has 182 valence electrons. The number of hydrogen-bond donors (Lipinski definition) is 1. The molecule has 34 heavy (non-hydrogen) atoms. The SMILES string of the molecule is COc1ccc(S(=O)(=O)N2CCC(NC(=O)C3CC(=O)N(c4ccccc4OC)C3)CC2)cc1. The number of piperidine rings is 1. The van der Waals surface area contributed by atoms with E-state index >= 15 is 0 Å². The molecule has 0 bridgehead atoms. The maximum Gasteiger partial charge on any atom is 0.243 e. The largest absolute Gasteiger partial charge is 0.497 e. The van der Waals surface area contributed by atoms with Gasteiger partial charge in [-0.1, -0.05) is 12.1 Å². The molecule has 1 unspecified atom stereocenters. The van der Waals surface area contributed by atoms with Gasteiger partial charge < -0.3 is 19.7 Å². The van der Waals surface area contributed by atoms with Crippen LogP contribution in [0.1, 0.15) is 19.3 Å². The minimum atomic E-state index is -3.60. The summed E-state index contributed by atoms with van der Waals surface area (Å²) < 4.78 is 37.7. The molecule has 1 atom stereocenters. The van der Waals surface area contributed by atoms with E-state index in [2.05, 4.69) is 5.32 Å². The second kappa shape index (κ2) is 10.0. The van der Waals surface area contributed by atoms with Gasteiger partial charge in [0.1, 0.15) is 11.5 Å². The van der Waals surface area contributed by atoms with Gasteiger partial charge in [-0.05, 0) is 49.2 Å². The van der Waals surface area contributed by atoms with E-state index < -0.39 is 15.9 Å². The lowest BCUT2D eigenvalue weighted by atomic mass is 10.0. The summed E-state index contributed by atoms with van der Waals surface area (Å²) in [7, 11) is -0.530. The van der Waals surface area contributed by atoms with E-state index in [1.807, 2.05) is 12.1 Å². The third-order valence-electron chi connectivity index (χ3n) is 6.37. The number of para-hydroxylation sites is 2. The van der Waals surface area contributed by atoms with Crippen LogP contribution in [0.5, 0.6) is 11.5 Å². The molecule has 9 nitrogen and oxygen atoms in total. The quantitative estimate of drug-likeness (QED) is 0.641. The zero-order valence-corrected chi connectivity index (χ0v) is 20.1. The number of hydrogen-bond acceptors (Lipinski definition) is 6. The molecule has 0 radical (unpaired) electrons. The number of amides is 2. The Morgan fingerprint density at radius 1 is 1.00 bits per heavy atom. The van der Waals surface area contributed by atoms with Gasteiger partial charge in [0, 0.05) is 32.1 Å². The number of nitrogens with one attached hydrogen (secondary N) is 1. The number of anilines is 1. The summed E-state index contributed by atoms with van der Waals surface area (Å²) in [5.74, 6) is 0.420. The van der Waals surface area contributed by atoms with Crippen molar-refractivity contribution in [1.82, 2.24) is 9.62 Å². The van der Waals surface area contributed by atoms with E-state index in [1.54, 1.807) is 36.3 Å². The van der Waals surface area contributed by atoms with Crippen molar-refractivity contribution < 1.29 is 27.5 Å². The Morgan fingerprint density at radius 3 is 2.32 bits per heavy atom. The van der Waals surface area contributed by atoms with Crippen LogP contribution in [0.25, 0.3) is 0 Å². The first-order valence-corrected chi connectivity index (χ1v) is 12.7. The van der Waals surface area contributed by atoms with Crippen molar-refractivity contribution in [2.45, 2.75) is 30.2 Å². The van der Waals surface area contributed by atoms with Gasteiger partial charge in [-0.3, -0.25) is 9.59 Å². The van der Waals surface area contributed by atoms with Crippen LogP contribution in [-0.4, -0.2) is 64.4 Å². The number of nitrogens with zero attached hydrogens (tertiary/aromatic N) is 2. The van der Waals surface area contributed by atoms with Gasteiger partial charge in [0.05, 0.1) is 30.7 Å². The Bertz CT molecular complexity index is 1140. The third kappa shape index (κ3) is 4.88. The minimum Gasteiger partial charge on any atom is -0.497 e. The van der Waals surface area contributed by atoms with Crippen LogP contribution < -0.4 is 19.7 Å². The van der Waals surface area contributed by atoms with E-state index in [1.165, 1.54) is 23.5 Å². The summed E-state index contributed by atoms with van der Waals surface area (Å²) in [4.78, 5) is 27.3. The van der Waals surface area contributed by atoms with Gasteiger partial charge in [0.2, 0.25) is 21.8 Å². The van der Waals surface area contributed by atoms with Gasteiger partial charge in [0.15, 0.2) is 0 Å². The molecule has 2 aliphatic rings. The molecule has 2 aromatic carbocycles. The van der Waals surface area contributed by atoms with Crippen LogP contribution in [0.3, 0.4) is 0 Å². The van der Waals surface area contributed by atoms with Crippen molar-refractivity contribution >= 4 is 27.5 Å². The van der Waals surface area contributed by atoms with Gasteiger partial charge in [-0.15, -0.1) is 0 Å². The standard InChI is InChI=1S/C24H29N3O6S/c1-32-19-7-9-20(10-8-19)34(30,31)26-13-11-18(12-14-26)25-24(29)17-15-23(28)27(16-17)21-5-3-4-6-22(21)33-2/h3-10,17-18H,11-16H2,1-2H3,(H,25,29). The van der Waals surface area contributed by atoms with Crippen molar-refractivity contribution in [2.24, 2.45) is 5.92 Å². The highest BCUT2D eigenvalue weighted by molar-refractivity contribution is 7.89. The zero-order chi connectivity index (χ0) is 24.3. The topological polar surface area (TPSA) is 105 Å². The Balaban J connectivity index is 1.33. The second-order valence-electron chi connectivity index (χ2n) is 8.44. The molecular weight excluding hydrogens is 458 g/mol. The monoisotopic (exact) mass is 487 g/mol. The first-order valence-electron chi connectivity index (χ1n) is 11.2. The molecule has 2 saturated heterocycles. The van der Waals surface area contributed by atoms with Crippen molar-refractivity contribution in [1.29, 1.82) is 0 Å². The fourth-order valence-corrected chi connectivity index (χ4v) is 5.89. The molecule has 2 aliphatic heterocycles. The second-order valence-corrected chi connectivity index (χ2v) is 10.4. The summed E-state index contributed by atoms with van der Waals surface area (Å²) in [6.45, 7) is 0.919. The molecule has 0 spiro atoms. The van der Waals surface area contributed by atoms with E-state index in [9.17, 15) is 18.0 Å². The van der Waals surface area contributed by atoms with E-state index in [-0.39, 0.29) is 35.7 Å². The molecule has 10 heteroatoms. The summed E-state index contributed by atoms with van der Waals surface area (Å²) in [6.07, 6.45) is 1.16. The maximum atomic E-state index is 12.9. The number of ether oxygens (including phenoxy) is 2. The molecule has 2 aromatic rings. The Hall–Kier alpha value is -3.11. The van der Waals surface area contributed by atoms with E-state index in [0.29, 0.717) is 43.1 Å². The lowest BCUT2D eigenvalue weighted by molar-refractivity contribution is -0.127. The number of rotatable bonds is 7. The predicted molar refractivity (Wildman–Crippen MR) is 126 cm³/mol. The maximum absolute atomic E-state index is 12.9. The molecule has 0 saturated carbocycles. The van der Waals surface area contributed by atoms with Gasteiger partial charge in [-0.25, -0.2) is 8.42 Å². The highest BCUT2D eigenvalue weighted by Crippen LogP contribution is 2.33. The van der Waals surface area contributed by atoms with E-state index in [0.717, 1.165) is 0 Å². The first kappa shape index (κ1) is 24.0. The van der Waals surface area contributed by atoms with Gasteiger partial charge >= 0.3 is 0 Å². The highest BCUT2D eigenvalue weighted by atomic mass is 32.2. The predicted octanol–water partition coefficient (Wildman–Crippen LogP) is 2.03. The van der Waals surface area contributed by atoms with Crippen LogP contribution >= 0.6 is 0 Å². The van der Waals surface area contributed by atoms with Crippen molar-refractivity contribution in [2.75, 3.05) is 38.8 Å². The zero-order valence-electron chi connectivity index (χ0n) is 19.3. The van der Waals surface area contributed by atoms with Crippen LogP contribution in [-0.2, 0) is 19.6 Å². The van der Waals surface area contributed by atoms with Crippen LogP contribution in [0.15, 0.2) is 53.4 Å². The molecule has 2 heterocycles. The van der Waals surface area contributed by atoms with Crippen LogP contribution in [0, 0.1) is 5.92 Å². The Kier molecular flexibility index (Phi) is 7.08. The average Bonchev–Trinajstić information content (AvgIpc) is 3.26. The van der Waals surface area contributed by atoms with Crippen LogP contribution in [0.2, 0.25) is 0 Å². The average molecular weight is 488 g/mol. The summed E-state index contributed by atoms with van der Waals surface area (Å²) in [5, 5.41) is 3.02. The van der Waals surface area contributed by atoms with E-state index in [4.69, 9.17) is 9.47 Å². The number of benzene rings is 2. The van der Waals surface area contributed by atoms with Gasteiger partial charge in [0.25, 0.3) is 0 Å². The summed E-state index contributed by atoms with van der Waals surface area (Å²) >= 11 is 0. The Morgan fingerprint density at radius 2 is 1.68 bits per heavy atom. The number of sulfonamides is 1. The number of carbonyl (C=O) groups excluding carboxylic acids is 2. The lowest BCUT2D eigenvalue weighted by Crippen LogP contribution is -2.48. The Labute approximate surface area is 199 Å². The van der Waals surface area contributed by atoms with Crippen molar-refractivity contribution in [3.63, 3.8) is 0 Å². The molecular formula is C24H29N3O6S. The molecule has 0 aliphatic carbocycles. The number of carbonyl (C=O) groups is 2. The molecule has 1 N–H and O–H groups in total. The minimum absolute atomic E-state index is 0.120. The lowest BCUT2D eigenvalue weighted by Gasteiger charge is -2.32.